The van der Waals surface area contributed by atoms with Crippen molar-refractivity contribution in [3.8, 4) is 0 Å². The van der Waals surface area contributed by atoms with Crippen molar-refractivity contribution in [2.75, 3.05) is 5.73 Å². The van der Waals surface area contributed by atoms with E-state index >= 15 is 0 Å². The number of nitrogens with two attached hydrogens (primary N) is 1. The second-order valence-corrected chi connectivity index (χ2v) is 3.54. The van der Waals surface area contributed by atoms with Gasteiger partial charge in [0.05, 0.1) is 12.2 Å². The van der Waals surface area contributed by atoms with E-state index in [4.69, 9.17) is 10.5 Å². The van der Waals surface area contributed by atoms with Crippen molar-refractivity contribution in [3.05, 3.63) is 29.3 Å². The molecule has 2 N–H and O–H groups in total. The Morgan fingerprint density at radius 1 is 1.25 bits per heavy atom. The highest BCUT2D eigenvalue weighted by Crippen LogP contribution is 2.52. The van der Waals surface area contributed by atoms with Crippen LogP contribution in [-0.2, 0) is 4.74 Å². The van der Waals surface area contributed by atoms with E-state index in [9.17, 15) is 0 Å². The summed E-state index contributed by atoms with van der Waals surface area (Å²) in [6.45, 7) is 0. The van der Waals surface area contributed by atoms with Gasteiger partial charge < -0.3 is 10.5 Å². The van der Waals surface area contributed by atoms with Crippen LogP contribution in [0.1, 0.15) is 36.2 Å². The summed E-state index contributed by atoms with van der Waals surface area (Å²) in [4.78, 5) is 0. The van der Waals surface area contributed by atoms with Gasteiger partial charge in [0.15, 0.2) is 0 Å². The molecule has 2 aliphatic heterocycles. The van der Waals surface area contributed by atoms with Gasteiger partial charge in [-0.1, -0.05) is 12.1 Å². The maximum atomic E-state index is 5.88. The van der Waals surface area contributed by atoms with Gasteiger partial charge in [-0.3, -0.25) is 0 Å². The number of ether oxygens (including phenoxy) is 1. The molecule has 2 heteroatoms. The van der Waals surface area contributed by atoms with Crippen molar-refractivity contribution in [3.63, 3.8) is 0 Å². The lowest BCUT2D eigenvalue weighted by atomic mass is 9.91. The van der Waals surface area contributed by atoms with Gasteiger partial charge in [-0.25, -0.2) is 0 Å². The van der Waals surface area contributed by atoms with Gasteiger partial charge >= 0.3 is 0 Å². The quantitative estimate of drug-likeness (QED) is 0.592. The number of hydrogen-bond acceptors (Lipinski definition) is 2. The van der Waals surface area contributed by atoms with Crippen LogP contribution in [0.25, 0.3) is 0 Å². The third-order valence-corrected chi connectivity index (χ3v) is 2.86. The third-order valence-electron chi connectivity index (χ3n) is 2.86. The smallest absolute Gasteiger partial charge is 0.0857 e. The first-order valence-electron chi connectivity index (χ1n) is 4.40. The first-order chi connectivity index (χ1) is 5.86. The van der Waals surface area contributed by atoms with Crippen LogP contribution in [0.2, 0.25) is 0 Å². The largest absolute Gasteiger partial charge is 0.398 e. The lowest BCUT2D eigenvalue weighted by Crippen LogP contribution is -2.01. The van der Waals surface area contributed by atoms with Crippen LogP contribution in [-0.4, -0.2) is 0 Å². The Morgan fingerprint density at radius 2 is 2.08 bits per heavy atom. The first kappa shape index (κ1) is 6.49. The van der Waals surface area contributed by atoms with Crippen LogP contribution in [0.3, 0.4) is 0 Å². The monoisotopic (exact) mass is 161 g/mol. The summed E-state index contributed by atoms with van der Waals surface area (Å²) < 4.78 is 5.74. The molecular weight excluding hydrogens is 150 g/mol. The minimum Gasteiger partial charge on any atom is -0.398 e. The van der Waals surface area contributed by atoms with E-state index in [0.717, 1.165) is 12.1 Å². The lowest BCUT2D eigenvalue weighted by Gasteiger charge is -2.12. The van der Waals surface area contributed by atoms with Crippen LogP contribution < -0.4 is 5.73 Å². The van der Waals surface area contributed by atoms with E-state index in [1.54, 1.807) is 0 Å². The molecule has 1 aromatic carbocycles. The zero-order chi connectivity index (χ0) is 8.13. The molecule has 1 fully saturated rings. The van der Waals surface area contributed by atoms with Crippen LogP contribution in [0.4, 0.5) is 5.69 Å². The molecule has 2 aliphatic rings. The van der Waals surface area contributed by atoms with E-state index in [2.05, 4.69) is 6.07 Å². The second-order valence-electron chi connectivity index (χ2n) is 3.54. The molecule has 1 aromatic rings. The van der Waals surface area contributed by atoms with Crippen molar-refractivity contribution in [2.24, 2.45) is 0 Å². The average molecular weight is 161 g/mol. The lowest BCUT2D eigenvalue weighted by molar-refractivity contribution is 0.0719. The van der Waals surface area contributed by atoms with E-state index in [1.807, 2.05) is 12.1 Å². The summed E-state index contributed by atoms with van der Waals surface area (Å²) in [5.74, 6) is 0. The molecule has 0 unspecified atom stereocenters. The number of rotatable bonds is 0. The molecule has 62 valence electrons. The molecular formula is C10H11NO. The van der Waals surface area contributed by atoms with Gasteiger partial charge in [0.25, 0.3) is 0 Å². The van der Waals surface area contributed by atoms with E-state index < -0.39 is 0 Å². The molecule has 0 amide bonds. The normalized spacial score (nSPS) is 30.7. The number of fused-ring (bicyclic) bond motifs is 5. The van der Waals surface area contributed by atoms with E-state index in [0.29, 0.717) is 12.2 Å². The summed E-state index contributed by atoms with van der Waals surface area (Å²) in [6, 6.07) is 6.11. The number of nitrogen functional groups attached to an aromatic ring is 1. The SMILES string of the molecule is Nc1cccc2c1[C@@H]1CC[C@@H]2O1. The highest BCUT2D eigenvalue weighted by molar-refractivity contribution is 5.55. The van der Waals surface area contributed by atoms with Crippen molar-refractivity contribution in [2.45, 2.75) is 25.0 Å². The zero-order valence-electron chi connectivity index (χ0n) is 6.79. The molecule has 3 rings (SSSR count). The maximum Gasteiger partial charge on any atom is 0.0857 e. The molecule has 2 heterocycles. The Labute approximate surface area is 71.3 Å². The zero-order valence-corrected chi connectivity index (χ0v) is 6.79. The summed E-state index contributed by atoms with van der Waals surface area (Å²) in [5, 5.41) is 0. The van der Waals surface area contributed by atoms with Gasteiger partial charge in [0.2, 0.25) is 0 Å². The second kappa shape index (κ2) is 2.02. The van der Waals surface area contributed by atoms with Crippen LogP contribution in [0, 0.1) is 0 Å². The molecule has 12 heavy (non-hydrogen) atoms. The average Bonchev–Trinajstić information content (AvgIpc) is 2.64. The Balaban J connectivity index is 2.26. The minimum absolute atomic E-state index is 0.297. The standard InChI is InChI=1S/C10H11NO/c11-7-3-1-2-6-8-4-5-9(12-8)10(6)7/h1-3,8-9H,4-5,11H2/t8-,9-/m0/s1. The van der Waals surface area contributed by atoms with Crippen molar-refractivity contribution in [1.82, 2.24) is 0 Å². The molecule has 2 bridgehead atoms. The van der Waals surface area contributed by atoms with Gasteiger partial charge in [-0.15, -0.1) is 0 Å². The van der Waals surface area contributed by atoms with Crippen molar-refractivity contribution in [1.29, 1.82) is 0 Å². The fraction of sp³-hybridized carbons (Fsp3) is 0.400. The molecule has 0 aromatic heterocycles. The molecule has 0 aliphatic carbocycles. The van der Waals surface area contributed by atoms with E-state index in [1.165, 1.54) is 17.5 Å². The Morgan fingerprint density at radius 3 is 2.92 bits per heavy atom. The van der Waals surface area contributed by atoms with Crippen LogP contribution in [0.15, 0.2) is 18.2 Å². The predicted molar refractivity (Wildman–Crippen MR) is 46.7 cm³/mol. The summed E-state index contributed by atoms with van der Waals surface area (Å²) >= 11 is 0. The van der Waals surface area contributed by atoms with Gasteiger partial charge in [-0.2, -0.15) is 0 Å². The Bertz CT molecular complexity index is 335. The molecule has 0 spiro atoms. The summed E-state index contributed by atoms with van der Waals surface area (Å²) in [7, 11) is 0. The first-order valence-corrected chi connectivity index (χ1v) is 4.40. The Hall–Kier alpha value is -1.02. The van der Waals surface area contributed by atoms with Gasteiger partial charge in [0.1, 0.15) is 0 Å². The van der Waals surface area contributed by atoms with Crippen LogP contribution >= 0.6 is 0 Å². The fourth-order valence-corrected chi connectivity index (χ4v) is 2.33. The number of benzene rings is 1. The highest BCUT2D eigenvalue weighted by atomic mass is 16.5. The predicted octanol–water partition coefficient (Wildman–Crippen LogP) is 2.17. The maximum absolute atomic E-state index is 5.88. The molecule has 2 atom stereocenters. The van der Waals surface area contributed by atoms with Gasteiger partial charge in [-0.05, 0) is 24.5 Å². The van der Waals surface area contributed by atoms with Gasteiger partial charge in [0, 0.05) is 11.3 Å². The fourth-order valence-electron chi connectivity index (χ4n) is 2.33. The Kier molecular flexibility index (Phi) is 1.09. The molecule has 0 radical (unpaired) electrons. The summed E-state index contributed by atoms with van der Waals surface area (Å²) in [5.41, 5.74) is 9.36. The highest BCUT2D eigenvalue weighted by Gasteiger charge is 2.38. The van der Waals surface area contributed by atoms with E-state index in [-0.39, 0.29) is 0 Å². The third kappa shape index (κ3) is 0.636. The molecule has 2 nitrogen and oxygen atoms in total. The van der Waals surface area contributed by atoms with Crippen LogP contribution in [0.5, 0.6) is 0 Å². The molecule has 0 saturated carbocycles. The van der Waals surface area contributed by atoms with Crippen molar-refractivity contribution >= 4 is 5.69 Å². The summed E-state index contributed by atoms with van der Waals surface area (Å²) in [6.07, 6.45) is 2.95. The van der Waals surface area contributed by atoms with Crippen molar-refractivity contribution < 1.29 is 4.74 Å². The minimum atomic E-state index is 0.297. The topological polar surface area (TPSA) is 35.2 Å². The number of anilines is 1. The number of hydrogen-bond donors (Lipinski definition) is 1. The molecule has 1 saturated heterocycles.